The van der Waals surface area contributed by atoms with Crippen LogP contribution in [-0.4, -0.2) is 29.5 Å². The molecule has 2 N–H and O–H groups in total. The Bertz CT molecular complexity index is 470. The van der Waals surface area contributed by atoms with Gasteiger partial charge in [0.05, 0.1) is 0 Å². The number of amides is 1. The number of carboxylic acid groups (broad SMARTS) is 1. The lowest BCUT2D eigenvalue weighted by molar-refractivity contribution is -0.140. The van der Waals surface area contributed by atoms with Gasteiger partial charge in [0.2, 0.25) is 6.43 Å². The Kier molecular flexibility index (Phi) is 5.02. The second-order valence-electron chi connectivity index (χ2n) is 4.06. The lowest BCUT2D eigenvalue weighted by Crippen LogP contribution is -2.41. The van der Waals surface area contributed by atoms with E-state index in [-0.39, 0.29) is 5.76 Å². The van der Waals surface area contributed by atoms with Crippen LogP contribution in [0.3, 0.4) is 0 Å². The number of aliphatic carboxylic acids is 1. The topological polar surface area (TPSA) is 79.5 Å². The molecule has 1 atom stereocenters. The van der Waals surface area contributed by atoms with Crippen LogP contribution in [0.15, 0.2) is 10.5 Å². The van der Waals surface area contributed by atoms with Crippen molar-refractivity contribution in [3.05, 3.63) is 23.2 Å². The zero-order valence-corrected chi connectivity index (χ0v) is 10.6. The van der Waals surface area contributed by atoms with Crippen LogP contribution in [0, 0.1) is 6.92 Å². The van der Waals surface area contributed by atoms with E-state index in [0.29, 0.717) is 12.2 Å². The summed E-state index contributed by atoms with van der Waals surface area (Å²) in [5.41, 5.74) is 0.758. The van der Waals surface area contributed by atoms with Gasteiger partial charge >= 0.3 is 5.97 Å². The first-order valence-corrected chi connectivity index (χ1v) is 5.76. The molecule has 5 nitrogen and oxygen atoms in total. The van der Waals surface area contributed by atoms with Gasteiger partial charge in [-0.25, -0.2) is 13.6 Å². The van der Waals surface area contributed by atoms with Crippen LogP contribution < -0.4 is 5.32 Å². The number of nitrogens with one attached hydrogen (secondary N) is 1. The predicted octanol–water partition coefficient (Wildman–Crippen LogP) is 1.99. The van der Waals surface area contributed by atoms with Crippen LogP contribution in [0.4, 0.5) is 8.78 Å². The molecule has 0 aliphatic rings. The highest BCUT2D eigenvalue weighted by Gasteiger charge is 2.26. The fourth-order valence-electron chi connectivity index (χ4n) is 1.61. The molecule has 0 fully saturated rings. The summed E-state index contributed by atoms with van der Waals surface area (Å²) >= 11 is 0. The quantitative estimate of drug-likeness (QED) is 0.832. The van der Waals surface area contributed by atoms with Gasteiger partial charge in [-0.15, -0.1) is 0 Å². The van der Waals surface area contributed by atoms with Crippen LogP contribution in [0.25, 0.3) is 0 Å². The molecule has 1 rings (SSSR count). The van der Waals surface area contributed by atoms with E-state index >= 15 is 0 Å². The first kappa shape index (κ1) is 15.1. The van der Waals surface area contributed by atoms with Gasteiger partial charge in [0.15, 0.2) is 5.76 Å². The third-order valence-corrected chi connectivity index (χ3v) is 2.58. The number of hydrogen-bond donors (Lipinski definition) is 2. The van der Waals surface area contributed by atoms with Crippen molar-refractivity contribution in [3.63, 3.8) is 0 Å². The molecule has 1 aromatic rings. The molecule has 0 aliphatic carbocycles. The summed E-state index contributed by atoms with van der Waals surface area (Å²) in [6.07, 6.45) is -3.18. The molecule has 1 heterocycles. The Hall–Kier alpha value is -1.92. The van der Waals surface area contributed by atoms with E-state index in [4.69, 9.17) is 9.52 Å². The molecule has 0 bridgehead atoms. The Morgan fingerprint density at radius 2 is 2.11 bits per heavy atom. The van der Waals surface area contributed by atoms with E-state index < -0.39 is 30.8 Å². The molecule has 0 spiro atoms. The fraction of sp³-hybridized carbons (Fsp3) is 0.500. The second-order valence-corrected chi connectivity index (χ2v) is 4.06. The Morgan fingerprint density at radius 1 is 1.47 bits per heavy atom. The Labute approximate surface area is 108 Å². The van der Waals surface area contributed by atoms with E-state index in [0.717, 1.165) is 5.56 Å². The smallest absolute Gasteiger partial charge is 0.326 e. The number of carboxylic acids is 1. The van der Waals surface area contributed by atoms with Gasteiger partial charge in [0.1, 0.15) is 11.8 Å². The van der Waals surface area contributed by atoms with E-state index in [1.165, 1.54) is 6.07 Å². The number of furan rings is 1. The van der Waals surface area contributed by atoms with Gasteiger partial charge in [-0.05, 0) is 18.6 Å². The van der Waals surface area contributed by atoms with Gasteiger partial charge in [-0.3, -0.25) is 4.79 Å². The van der Waals surface area contributed by atoms with Crippen molar-refractivity contribution in [2.45, 2.75) is 39.2 Å². The molecule has 1 unspecified atom stereocenters. The van der Waals surface area contributed by atoms with Crippen molar-refractivity contribution < 1.29 is 27.9 Å². The molecule has 19 heavy (non-hydrogen) atoms. The van der Waals surface area contributed by atoms with E-state index in [2.05, 4.69) is 0 Å². The minimum Gasteiger partial charge on any atom is -0.480 e. The third kappa shape index (κ3) is 4.04. The highest BCUT2D eigenvalue weighted by Crippen LogP contribution is 2.15. The van der Waals surface area contributed by atoms with E-state index in [1.807, 2.05) is 12.2 Å². The molecular weight excluding hydrogens is 260 g/mol. The van der Waals surface area contributed by atoms with Crippen molar-refractivity contribution in [2.24, 2.45) is 0 Å². The molecule has 1 amide bonds. The number of halogens is 2. The summed E-state index contributed by atoms with van der Waals surface area (Å²) in [6, 6.07) is -0.182. The van der Waals surface area contributed by atoms with Gasteiger partial charge in [0.25, 0.3) is 5.91 Å². The lowest BCUT2D eigenvalue weighted by Gasteiger charge is -2.12. The van der Waals surface area contributed by atoms with Crippen LogP contribution >= 0.6 is 0 Å². The summed E-state index contributed by atoms with van der Waals surface area (Å²) in [7, 11) is 0. The molecule has 106 valence electrons. The average molecular weight is 275 g/mol. The van der Waals surface area contributed by atoms with Gasteiger partial charge in [-0.2, -0.15) is 0 Å². The fourth-order valence-corrected chi connectivity index (χ4v) is 1.61. The molecule has 0 aliphatic heterocycles. The monoisotopic (exact) mass is 275 g/mol. The van der Waals surface area contributed by atoms with Gasteiger partial charge in [0, 0.05) is 12.8 Å². The zero-order chi connectivity index (χ0) is 14.6. The maximum absolute atomic E-state index is 12.2. The summed E-state index contributed by atoms with van der Waals surface area (Å²) in [6.45, 7) is 3.58. The van der Waals surface area contributed by atoms with Gasteiger partial charge in [-0.1, -0.05) is 6.92 Å². The third-order valence-electron chi connectivity index (χ3n) is 2.58. The standard InChI is InChI=1S/C12H15F2NO4/c1-3-8-6(2)4-9(19-8)11(16)15-7(12(17)18)5-10(13)14/h4,7,10H,3,5H2,1-2H3,(H,15,16)(H,17,18). The molecule has 0 saturated carbocycles. The van der Waals surface area contributed by atoms with Crippen LogP contribution in [0.5, 0.6) is 0 Å². The molecular formula is C12H15F2NO4. The van der Waals surface area contributed by atoms with Crippen molar-refractivity contribution in [1.82, 2.24) is 5.32 Å². The highest BCUT2D eigenvalue weighted by molar-refractivity contribution is 5.94. The normalized spacial score (nSPS) is 12.5. The van der Waals surface area contributed by atoms with Crippen molar-refractivity contribution >= 4 is 11.9 Å². The average Bonchev–Trinajstić information content (AvgIpc) is 2.69. The molecule has 0 aromatic carbocycles. The largest absolute Gasteiger partial charge is 0.480 e. The number of aryl methyl sites for hydroxylation is 2. The van der Waals surface area contributed by atoms with E-state index in [1.54, 1.807) is 6.92 Å². The first-order valence-electron chi connectivity index (χ1n) is 5.76. The van der Waals surface area contributed by atoms with Crippen LogP contribution in [0.1, 0.15) is 35.2 Å². The molecule has 0 saturated heterocycles. The van der Waals surface area contributed by atoms with Gasteiger partial charge < -0.3 is 14.8 Å². The minimum atomic E-state index is -2.81. The van der Waals surface area contributed by atoms with Crippen LogP contribution in [0.2, 0.25) is 0 Å². The number of rotatable bonds is 6. The number of carbonyl (C=O) groups is 2. The summed E-state index contributed by atoms with van der Waals surface area (Å²) < 4.78 is 29.6. The first-order chi connectivity index (χ1) is 8.85. The maximum Gasteiger partial charge on any atom is 0.326 e. The minimum absolute atomic E-state index is 0.0742. The predicted molar refractivity (Wildman–Crippen MR) is 62.3 cm³/mol. The van der Waals surface area contributed by atoms with Crippen LogP contribution in [-0.2, 0) is 11.2 Å². The van der Waals surface area contributed by atoms with E-state index in [9.17, 15) is 18.4 Å². The van der Waals surface area contributed by atoms with Crippen molar-refractivity contribution in [3.8, 4) is 0 Å². The lowest BCUT2D eigenvalue weighted by atomic mass is 10.2. The Balaban J connectivity index is 2.78. The SMILES string of the molecule is CCc1oc(C(=O)NC(CC(F)F)C(=O)O)cc1C. The van der Waals surface area contributed by atoms with Crippen molar-refractivity contribution in [1.29, 1.82) is 0 Å². The highest BCUT2D eigenvalue weighted by atomic mass is 19.3. The van der Waals surface area contributed by atoms with Crippen molar-refractivity contribution in [2.75, 3.05) is 0 Å². The number of carbonyl (C=O) groups excluding carboxylic acids is 1. The summed E-state index contributed by atoms with van der Waals surface area (Å²) in [5, 5.41) is 10.8. The maximum atomic E-state index is 12.2. The Morgan fingerprint density at radius 3 is 2.53 bits per heavy atom. The zero-order valence-electron chi connectivity index (χ0n) is 10.6. The number of hydrogen-bond acceptors (Lipinski definition) is 3. The molecule has 7 heteroatoms. The molecule has 1 aromatic heterocycles. The second kappa shape index (κ2) is 6.31. The number of alkyl halides is 2. The molecule has 0 radical (unpaired) electrons. The summed E-state index contributed by atoms with van der Waals surface area (Å²) in [5.74, 6) is -1.79. The summed E-state index contributed by atoms with van der Waals surface area (Å²) in [4.78, 5) is 22.5.